The number of nitrogens with one attached hydrogen (secondary N) is 1. The number of methoxy groups -OCH3 is 5. The maximum atomic E-state index is 13.1. The Morgan fingerprint density at radius 2 is 1.54 bits per heavy atom. The van der Waals surface area contributed by atoms with Crippen LogP contribution in [-0.2, 0) is 11.8 Å². The first-order valence-electron chi connectivity index (χ1n) is 12.2. The van der Waals surface area contributed by atoms with Gasteiger partial charge in [-0.25, -0.2) is 4.98 Å². The number of carbonyl (C=O) groups excluding carboxylic acids is 1. The number of aromatic nitrogens is 1. The highest BCUT2D eigenvalue weighted by atomic mass is 32.1. The number of thiazole rings is 1. The van der Waals surface area contributed by atoms with Gasteiger partial charge in [0.05, 0.1) is 40.6 Å². The van der Waals surface area contributed by atoms with Crippen LogP contribution in [0.25, 0.3) is 0 Å². The topological polar surface area (TPSA) is 88.1 Å². The molecule has 37 heavy (non-hydrogen) atoms. The molecule has 1 amide bonds. The molecule has 0 radical (unpaired) electrons. The van der Waals surface area contributed by atoms with Crippen LogP contribution < -0.4 is 29.0 Å². The highest BCUT2D eigenvalue weighted by Crippen LogP contribution is 2.43. The van der Waals surface area contributed by atoms with E-state index in [1.54, 1.807) is 40.9 Å². The molecule has 9 heteroatoms. The predicted molar refractivity (Wildman–Crippen MR) is 143 cm³/mol. The van der Waals surface area contributed by atoms with E-state index in [9.17, 15) is 4.79 Å². The third kappa shape index (κ3) is 5.61. The molecule has 8 nitrogen and oxygen atoms in total. The molecule has 0 spiro atoms. The largest absolute Gasteiger partial charge is 0.493 e. The number of ether oxygens (including phenoxy) is 5. The standard InChI is InChI=1S/C28H34N2O6S/c1-32-21-9-8-19(15-22(21)33-2)28(10-6-7-11-28)17-29-27(31)20-16-37-25(30-20)14-18-12-23(34-3)26(36-5)24(13-18)35-4/h8-9,12-13,15-16H,6-7,10-11,14,17H2,1-5H3,(H,29,31). The summed E-state index contributed by atoms with van der Waals surface area (Å²) in [6.07, 6.45) is 4.81. The molecule has 1 aromatic heterocycles. The highest BCUT2D eigenvalue weighted by Gasteiger charge is 2.36. The van der Waals surface area contributed by atoms with Crippen LogP contribution in [0.5, 0.6) is 28.7 Å². The van der Waals surface area contributed by atoms with Crippen molar-refractivity contribution in [2.75, 3.05) is 42.1 Å². The summed E-state index contributed by atoms with van der Waals surface area (Å²) in [6, 6.07) is 9.85. The Bertz CT molecular complexity index is 1210. The molecule has 1 aliphatic carbocycles. The SMILES string of the molecule is COc1ccc(C2(CNC(=O)c3csc(Cc4cc(OC)c(OC)c(OC)c4)n3)CCCC2)cc1OC. The van der Waals surface area contributed by atoms with E-state index in [4.69, 9.17) is 23.7 Å². The second-order valence-corrected chi connectivity index (χ2v) is 10.0. The van der Waals surface area contributed by atoms with Crippen LogP contribution in [0.4, 0.5) is 0 Å². The van der Waals surface area contributed by atoms with Gasteiger partial charge in [0.25, 0.3) is 5.91 Å². The molecule has 4 rings (SSSR count). The molecule has 2 aromatic carbocycles. The zero-order chi connectivity index (χ0) is 26.4. The molecule has 1 heterocycles. The van der Waals surface area contributed by atoms with Crippen molar-refractivity contribution in [3.63, 3.8) is 0 Å². The molecular weight excluding hydrogens is 492 g/mol. The monoisotopic (exact) mass is 526 g/mol. The van der Waals surface area contributed by atoms with E-state index in [0.29, 0.717) is 47.4 Å². The Morgan fingerprint density at radius 1 is 0.892 bits per heavy atom. The smallest absolute Gasteiger partial charge is 0.270 e. The number of nitrogens with zero attached hydrogens (tertiary/aromatic N) is 1. The lowest BCUT2D eigenvalue weighted by atomic mass is 9.78. The molecule has 0 aliphatic heterocycles. The number of hydrogen-bond donors (Lipinski definition) is 1. The molecular formula is C28H34N2O6S. The van der Waals surface area contributed by atoms with Crippen LogP contribution in [0, 0.1) is 0 Å². The zero-order valence-electron chi connectivity index (χ0n) is 22.0. The molecule has 1 aliphatic rings. The van der Waals surface area contributed by atoms with Crippen LogP contribution in [-0.4, -0.2) is 53.0 Å². The van der Waals surface area contributed by atoms with Gasteiger partial charge in [-0.15, -0.1) is 11.3 Å². The fourth-order valence-electron chi connectivity index (χ4n) is 5.03. The van der Waals surface area contributed by atoms with Crippen molar-refractivity contribution in [2.45, 2.75) is 37.5 Å². The second-order valence-electron chi connectivity index (χ2n) is 9.08. The van der Waals surface area contributed by atoms with E-state index < -0.39 is 0 Å². The molecule has 0 atom stereocenters. The summed E-state index contributed by atoms with van der Waals surface area (Å²) in [5.41, 5.74) is 2.40. The Kier molecular flexibility index (Phi) is 8.43. The van der Waals surface area contributed by atoms with Gasteiger partial charge in [-0.05, 0) is 48.2 Å². The maximum Gasteiger partial charge on any atom is 0.270 e. The van der Waals surface area contributed by atoms with E-state index in [1.807, 2.05) is 24.3 Å². The van der Waals surface area contributed by atoms with E-state index in [0.717, 1.165) is 41.8 Å². The molecule has 0 saturated heterocycles. The van der Waals surface area contributed by atoms with Crippen molar-refractivity contribution < 1.29 is 28.5 Å². The van der Waals surface area contributed by atoms with Gasteiger partial charge in [0.1, 0.15) is 5.69 Å². The molecule has 0 unspecified atom stereocenters. The summed E-state index contributed by atoms with van der Waals surface area (Å²) in [5.74, 6) is 2.95. The Hall–Kier alpha value is -3.46. The lowest BCUT2D eigenvalue weighted by Crippen LogP contribution is -2.39. The maximum absolute atomic E-state index is 13.1. The van der Waals surface area contributed by atoms with Gasteiger partial charge in [-0.2, -0.15) is 0 Å². The lowest BCUT2D eigenvalue weighted by molar-refractivity contribution is 0.0938. The summed E-state index contributed by atoms with van der Waals surface area (Å²) in [7, 11) is 8.03. The molecule has 1 N–H and O–H groups in total. The fourth-order valence-corrected chi connectivity index (χ4v) is 5.84. The van der Waals surface area contributed by atoms with Crippen molar-refractivity contribution in [2.24, 2.45) is 0 Å². The number of hydrogen-bond acceptors (Lipinski definition) is 8. The Morgan fingerprint density at radius 3 is 2.14 bits per heavy atom. The zero-order valence-corrected chi connectivity index (χ0v) is 22.8. The average Bonchev–Trinajstić information content (AvgIpc) is 3.61. The van der Waals surface area contributed by atoms with Crippen molar-refractivity contribution in [3.05, 3.63) is 57.5 Å². The first-order valence-corrected chi connectivity index (χ1v) is 13.1. The predicted octanol–water partition coefficient (Wildman–Crippen LogP) is 5.02. The second kappa shape index (κ2) is 11.7. The molecule has 198 valence electrons. The van der Waals surface area contributed by atoms with E-state index in [2.05, 4.69) is 16.4 Å². The van der Waals surface area contributed by atoms with E-state index in [-0.39, 0.29) is 11.3 Å². The molecule has 0 bridgehead atoms. The van der Waals surface area contributed by atoms with Gasteiger partial charge in [-0.3, -0.25) is 4.79 Å². The van der Waals surface area contributed by atoms with Crippen LogP contribution >= 0.6 is 11.3 Å². The van der Waals surface area contributed by atoms with Crippen LogP contribution in [0.2, 0.25) is 0 Å². The summed E-state index contributed by atoms with van der Waals surface area (Å²) in [5, 5.41) is 5.79. The summed E-state index contributed by atoms with van der Waals surface area (Å²) in [4.78, 5) is 17.7. The minimum atomic E-state index is -0.167. The molecule has 1 saturated carbocycles. The summed E-state index contributed by atoms with van der Waals surface area (Å²) in [6.45, 7) is 0.543. The quantitative estimate of drug-likeness (QED) is 0.375. The Labute approximate surface area is 221 Å². The highest BCUT2D eigenvalue weighted by molar-refractivity contribution is 7.09. The van der Waals surface area contributed by atoms with Crippen molar-refractivity contribution >= 4 is 17.2 Å². The number of carbonyl (C=O) groups is 1. The van der Waals surface area contributed by atoms with E-state index in [1.165, 1.54) is 11.3 Å². The van der Waals surface area contributed by atoms with Gasteiger partial charge in [-0.1, -0.05) is 18.9 Å². The third-order valence-corrected chi connectivity index (χ3v) is 7.86. The van der Waals surface area contributed by atoms with Gasteiger partial charge >= 0.3 is 0 Å². The average molecular weight is 527 g/mol. The number of rotatable bonds is 11. The fraction of sp³-hybridized carbons (Fsp3) is 0.429. The van der Waals surface area contributed by atoms with Crippen LogP contribution in [0.15, 0.2) is 35.7 Å². The first kappa shape index (κ1) is 26.6. The lowest BCUT2D eigenvalue weighted by Gasteiger charge is -2.30. The van der Waals surface area contributed by atoms with Crippen molar-refractivity contribution in [3.8, 4) is 28.7 Å². The van der Waals surface area contributed by atoms with Crippen LogP contribution in [0.1, 0.15) is 52.3 Å². The van der Waals surface area contributed by atoms with Crippen LogP contribution in [0.3, 0.4) is 0 Å². The number of amides is 1. The van der Waals surface area contributed by atoms with Crippen molar-refractivity contribution in [1.29, 1.82) is 0 Å². The van der Waals surface area contributed by atoms with Gasteiger partial charge < -0.3 is 29.0 Å². The summed E-state index contributed by atoms with van der Waals surface area (Å²) >= 11 is 1.46. The number of benzene rings is 2. The third-order valence-electron chi connectivity index (χ3n) is 7.01. The van der Waals surface area contributed by atoms with Crippen molar-refractivity contribution in [1.82, 2.24) is 10.3 Å². The molecule has 3 aromatic rings. The van der Waals surface area contributed by atoms with Gasteiger partial charge in [0, 0.05) is 23.8 Å². The van der Waals surface area contributed by atoms with E-state index >= 15 is 0 Å². The minimum absolute atomic E-state index is 0.135. The normalized spacial score (nSPS) is 14.2. The first-order chi connectivity index (χ1) is 18.0. The van der Waals surface area contributed by atoms with Gasteiger partial charge in [0.2, 0.25) is 5.75 Å². The summed E-state index contributed by atoms with van der Waals surface area (Å²) < 4.78 is 27.2. The minimum Gasteiger partial charge on any atom is -0.493 e. The Balaban J connectivity index is 1.47. The van der Waals surface area contributed by atoms with Gasteiger partial charge in [0.15, 0.2) is 23.0 Å². The molecule has 1 fully saturated rings.